The molecule has 3 aromatic carbocycles. The van der Waals surface area contributed by atoms with Gasteiger partial charge in [0.2, 0.25) is 0 Å². The van der Waals surface area contributed by atoms with Gasteiger partial charge in [-0.05, 0) is 23.3 Å². The Kier molecular flexibility index (Phi) is 5.79. The Morgan fingerprint density at radius 2 is 0.893 bits per heavy atom. The van der Waals surface area contributed by atoms with Gasteiger partial charge >= 0.3 is 27.7 Å². The van der Waals surface area contributed by atoms with Gasteiger partial charge in [0, 0.05) is 34.3 Å². The van der Waals surface area contributed by atoms with Crippen molar-refractivity contribution in [1.82, 2.24) is 9.97 Å². The molecule has 5 aromatic rings. The smallest absolute Gasteiger partial charge is 0.0965 e. The van der Waals surface area contributed by atoms with E-state index in [2.05, 4.69) is 48.5 Å². The van der Waals surface area contributed by atoms with Gasteiger partial charge in [0.25, 0.3) is 0 Å². The molecule has 4 heteroatoms. The van der Waals surface area contributed by atoms with Crippen LogP contribution in [-0.2, 0) is 18.2 Å². The average Bonchev–Trinajstić information content (AvgIpc) is 2.80. The minimum Gasteiger partial charge on any atom is -0.253 e. The first-order valence-electron chi connectivity index (χ1n) is 8.82. The van der Waals surface area contributed by atoms with Crippen molar-refractivity contribution in [1.29, 1.82) is 0 Å². The summed E-state index contributed by atoms with van der Waals surface area (Å²) in [4.78, 5) is 9.45. The van der Waals surface area contributed by atoms with Gasteiger partial charge in [-0.3, -0.25) is 9.97 Å². The van der Waals surface area contributed by atoms with Crippen molar-refractivity contribution in [2.75, 3.05) is 0 Å². The zero-order chi connectivity index (χ0) is 19.3. The number of aromatic nitrogens is 2. The Labute approximate surface area is 178 Å². The summed E-state index contributed by atoms with van der Waals surface area (Å²) < 4.78 is 0. The SMILES string of the molecule is [Cl][Re].c1ccc(-c2cnc3c(ccc4cc(-c5ccccc5)cnc43)c2)cc1. The molecule has 0 spiro atoms. The Morgan fingerprint density at radius 1 is 0.500 bits per heavy atom. The van der Waals surface area contributed by atoms with Crippen molar-refractivity contribution in [2.45, 2.75) is 0 Å². The van der Waals surface area contributed by atoms with Gasteiger partial charge < -0.3 is 0 Å². The molecule has 0 radical (unpaired) electrons. The summed E-state index contributed by atoms with van der Waals surface area (Å²) >= 11 is 1.19. The quantitative estimate of drug-likeness (QED) is 0.225. The van der Waals surface area contributed by atoms with Crippen LogP contribution in [0.2, 0.25) is 0 Å². The number of hydrogen-bond donors (Lipinski definition) is 0. The topological polar surface area (TPSA) is 25.8 Å². The summed E-state index contributed by atoms with van der Waals surface area (Å²) in [6.07, 6.45) is 3.87. The summed E-state index contributed by atoms with van der Waals surface area (Å²) in [6.45, 7) is 0. The van der Waals surface area contributed by atoms with Crippen molar-refractivity contribution in [2.24, 2.45) is 0 Å². The zero-order valence-corrected chi connectivity index (χ0v) is 18.4. The molecule has 2 nitrogen and oxygen atoms in total. The molecule has 0 bridgehead atoms. The number of benzene rings is 3. The molecule has 0 unspecified atom stereocenters. The van der Waals surface area contributed by atoms with Crippen molar-refractivity contribution in [3.63, 3.8) is 0 Å². The number of hydrogen-bond acceptors (Lipinski definition) is 2. The van der Waals surface area contributed by atoms with Crippen LogP contribution in [0.15, 0.2) is 97.3 Å². The van der Waals surface area contributed by atoms with E-state index >= 15 is 0 Å². The number of nitrogens with zero attached hydrogens (tertiary/aromatic N) is 2. The fourth-order valence-electron chi connectivity index (χ4n) is 3.37. The van der Waals surface area contributed by atoms with E-state index in [1.54, 1.807) is 0 Å². The fraction of sp³-hybridized carbons (Fsp3) is 0. The first kappa shape index (κ1) is 18.8. The molecule has 0 aliphatic rings. The van der Waals surface area contributed by atoms with Crippen LogP contribution in [0, 0.1) is 0 Å². The molecule has 0 saturated carbocycles. The summed E-state index contributed by atoms with van der Waals surface area (Å²) in [6, 6.07) is 29.3. The number of pyridine rings is 2. The second-order valence-corrected chi connectivity index (χ2v) is 6.39. The monoisotopic (exact) mass is 554 g/mol. The molecule has 0 atom stereocenters. The van der Waals surface area contributed by atoms with Crippen LogP contribution in [-0.4, -0.2) is 9.97 Å². The van der Waals surface area contributed by atoms with E-state index in [1.165, 1.54) is 29.3 Å². The second-order valence-electron chi connectivity index (χ2n) is 6.39. The predicted octanol–water partition coefficient (Wildman–Crippen LogP) is 6.80. The first-order valence-corrected chi connectivity index (χ1v) is 12.2. The molecule has 0 N–H and O–H groups in total. The van der Waals surface area contributed by atoms with Gasteiger partial charge in [0.1, 0.15) is 0 Å². The van der Waals surface area contributed by atoms with Crippen molar-refractivity contribution >= 4 is 31.3 Å². The molecule has 5 rings (SSSR count). The Morgan fingerprint density at radius 3 is 1.29 bits per heavy atom. The minimum absolute atomic E-state index is 0.946. The van der Waals surface area contributed by atoms with Gasteiger partial charge in [-0.15, -0.1) is 0 Å². The van der Waals surface area contributed by atoms with Crippen LogP contribution in [0.3, 0.4) is 0 Å². The molecule has 0 aliphatic carbocycles. The molecular weight excluding hydrogens is 538 g/mol. The second kappa shape index (κ2) is 8.63. The third-order valence-electron chi connectivity index (χ3n) is 4.72. The molecule has 2 heterocycles. The maximum Gasteiger partial charge on any atom is 0.0965 e. The number of halogens is 1. The number of rotatable bonds is 2. The van der Waals surface area contributed by atoms with Crippen LogP contribution in [0.5, 0.6) is 0 Å². The largest absolute Gasteiger partial charge is 0.253 e. The van der Waals surface area contributed by atoms with E-state index in [1.807, 2.05) is 48.8 Å². The maximum absolute atomic E-state index is 4.73. The van der Waals surface area contributed by atoms with E-state index in [-0.39, 0.29) is 0 Å². The van der Waals surface area contributed by atoms with Crippen molar-refractivity contribution in [3.05, 3.63) is 97.3 Å². The third-order valence-corrected chi connectivity index (χ3v) is 4.72. The molecular formula is C24H16ClN2Re. The molecule has 0 aliphatic heterocycles. The summed E-state index contributed by atoms with van der Waals surface area (Å²) in [5.74, 6) is 0. The van der Waals surface area contributed by atoms with Gasteiger partial charge in [0.15, 0.2) is 0 Å². The Bertz CT molecular complexity index is 1130. The molecule has 0 fully saturated rings. The van der Waals surface area contributed by atoms with Crippen LogP contribution in [0.1, 0.15) is 0 Å². The van der Waals surface area contributed by atoms with E-state index < -0.39 is 0 Å². The third kappa shape index (κ3) is 3.70. The fourth-order valence-corrected chi connectivity index (χ4v) is 3.37. The van der Waals surface area contributed by atoms with Crippen LogP contribution < -0.4 is 0 Å². The maximum atomic E-state index is 4.73. The molecule has 0 amide bonds. The zero-order valence-electron chi connectivity index (χ0n) is 14.9. The Balaban J connectivity index is 0.000000932. The molecule has 28 heavy (non-hydrogen) atoms. The van der Waals surface area contributed by atoms with E-state index in [4.69, 9.17) is 19.5 Å². The molecule has 136 valence electrons. The summed E-state index contributed by atoms with van der Waals surface area (Å²) in [5, 5.41) is 2.22. The summed E-state index contributed by atoms with van der Waals surface area (Å²) in [7, 11) is 4.69. The van der Waals surface area contributed by atoms with E-state index in [9.17, 15) is 0 Å². The average molecular weight is 554 g/mol. The van der Waals surface area contributed by atoms with E-state index in [0.29, 0.717) is 0 Å². The standard InChI is InChI=1S/C24H16N2.ClH.Re/c1-3-7-17(8-4-1)21-13-19-11-12-20-14-22(18-9-5-2-6-10-18)16-26-24(20)23(19)25-15-21;;/h1-16H;1H;/q;;+1/p-1. The number of fused-ring (bicyclic) bond motifs is 3. The molecule has 2 aromatic heterocycles. The van der Waals surface area contributed by atoms with Gasteiger partial charge in [-0.25, -0.2) is 0 Å². The van der Waals surface area contributed by atoms with Crippen LogP contribution in [0.25, 0.3) is 44.1 Å². The predicted molar refractivity (Wildman–Crippen MR) is 114 cm³/mol. The van der Waals surface area contributed by atoms with Gasteiger partial charge in [-0.1, -0.05) is 72.8 Å². The van der Waals surface area contributed by atoms with Gasteiger partial charge in [-0.2, -0.15) is 0 Å². The first-order chi connectivity index (χ1) is 13.9. The van der Waals surface area contributed by atoms with Crippen molar-refractivity contribution in [3.8, 4) is 22.3 Å². The molecule has 0 saturated heterocycles. The summed E-state index contributed by atoms with van der Waals surface area (Å²) in [5.41, 5.74) is 6.49. The normalized spacial score (nSPS) is 10.5. The van der Waals surface area contributed by atoms with Crippen LogP contribution >= 0.6 is 9.53 Å². The van der Waals surface area contributed by atoms with Crippen molar-refractivity contribution < 1.29 is 18.2 Å². The Hall–Kier alpha value is -2.57. The van der Waals surface area contributed by atoms with Crippen LogP contribution in [0.4, 0.5) is 0 Å². The van der Waals surface area contributed by atoms with E-state index in [0.717, 1.165) is 32.9 Å². The van der Waals surface area contributed by atoms with Gasteiger partial charge in [0.05, 0.1) is 11.0 Å². The minimum atomic E-state index is 0.946.